The molecule has 3 aromatic rings. The van der Waals surface area contributed by atoms with Gasteiger partial charge in [0, 0.05) is 42.7 Å². The van der Waals surface area contributed by atoms with Gasteiger partial charge < -0.3 is 15.2 Å². The Balaban J connectivity index is 1.24. The van der Waals surface area contributed by atoms with Gasteiger partial charge >= 0.3 is 0 Å². The molecule has 5 nitrogen and oxygen atoms in total. The summed E-state index contributed by atoms with van der Waals surface area (Å²) in [7, 11) is 0. The second-order valence-corrected chi connectivity index (χ2v) is 7.89. The predicted molar refractivity (Wildman–Crippen MR) is 108 cm³/mol. The number of thiophene rings is 1. The molecule has 2 aromatic heterocycles. The number of H-pyrrole nitrogens is 1. The molecule has 140 valence electrons. The summed E-state index contributed by atoms with van der Waals surface area (Å²) in [5.41, 5.74) is 2.35. The van der Waals surface area contributed by atoms with Gasteiger partial charge in [-0.15, -0.1) is 11.3 Å². The summed E-state index contributed by atoms with van der Waals surface area (Å²) >= 11 is 1.47. The normalized spacial score (nSPS) is 15.2. The lowest BCUT2D eigenvalue weighted by Crippen LogP contribution is -2.43. The standard InChI is InChI=1S/C21H23N3O2S/c25-20(22-10-7-16-14-23-18-5-2-1-4-17(16)18)15-8-11-24(12-9-15)21(26)19-6-3-13-27-19/h1-6,13-15,23H,7-12H2,(H,22,25). The van der Waals surface area contributed by atoms with Crippen LogP contribution in [0.2, 0.25) is 0 Å². The molecule has 0 atom stereocenters. The minimum absolute atomic E-state index is 0.000328. The summed E-state index contributed by atoms with van der Waals surface area (Å²) in [6.07, 6.45) is 4.29. The highest BCUT2D eigenvalue weighted by molar-refractivity contribution is 7.12. The molecule has 3 heterocycles. The Morgan fingerprint density at radius 2 is 1.96 bits per heavy atom. The zero-order valence-corrected chi connectivity index (χ0v) is 15.9. The van der Waals surface area contributed by atoms with Gasteiger partial charge in [0.05, 0.1) is 4.88 Å². The number of hydrogen-bond acceptors (Lipinski definition) is 3. The fourth-order valence-electron chi connectivity index (χ4n) is 3.70. The minimum atomic E-state index is 0.000328. The van der Waals surface area contributed by atoms with Gasteiger partial charge in [-0.25, -0.2) is 0 Å². The molecule has 1 aromatic carbocycles. The van der Waals surface area contributed by atoms with Crippen molar-refractivity contribution in [2.75, 3.05) is 19.6 Å². The van der Waals surface area contributed by atoms with Crippen molar-refractivity contribution in [3.05, 3.63) is 58.4 Å². The summed E-state index contributed by atoms with van der Waals surface area (Å²) in [6, 6.07) is 12.0. The SMILES string of the molecule is O=C(NCCc1c[nH]c2ccccc12)C1CCN(C(=O)c2cccs2)CC1. The Morgan fingerprint density at radius 1 is 1.15 bits per heavy atom. The first-order valence-corrected chi connectivity index (χ1v) is 10.3. The molecule has 0 radical (unpaired) electrons. The molecule has 0 saturated carbocycles. The Labute approximate surface area is 162 Å². The summed E-state index contributed by atoms with van der Waals surface area (Å²) in [4.78, 5) is 30.8. The summed E-state index contributed by atoms with van der Waals surface area (Å²) in [5.74, 6) is 0.196. The quantitative estimate of drug-likeness (QED) is 0.711. The summed E-state index contributed by atoms with van der Waals surface area (Å²) in [6.45, 7) is 1.93. The van der Waals surface area contributed by atoms with Gasteiger partial charge in [0.1, 0.15) is 0 Å². The molecule has 2 N–H and O–H groups in total. The first-order valence-electron chi connectivity index (χ1n) is 9.38. The van der Waals surface area contributed by atoms with E-state index in [2.05, 4.69) is 22.4 Å². The number of benzene rings is 1. The Bertz CT molecular complexity index is 924. The van der Waals surface area contributed by atoms with E-state index < -0.39 is 0 Å². The molecule has 4 rings (SSSR count). The van der Waals surface area contributed by atoms with E-state index >= 15 is 0 Å². The third kappa shape index (κ3) is 3.90. The molecule has 0 bridgehead atoms. The molecular weight excluding hydrogens is 358 g/mol. The molecular formula is C21H23N3O2S. The van der Waals surface area contributed by atoms with E-state index in [0.717, 1.165) is 29.7 Å². The lowest BCUT2D eigenvalue weighted by Gasteiger charge is -2.31. The largest absolute Gasteiger partial charge is 0.361 e. The van der Waals surface area contributed by atoms with Crippen molar-refractivity contribution >= 4 is 34.1 Å². The third-order valence-corrected chi connectivity index (χ3v) is 6.11. The molecule has 0 spiro atoms. The number of hydrogen-bond donors (Lipinski definition) is 2. The van der Waals surface area contributed by atoms with Crippen molar-refractivity contribution < 1.29 is 9.59 Å². The number of carbonyl (C=O) groups is 2. The number of nitrogens with zero attached hydrogens (tertiary/aromatic N) is 1. The van der Waals surface area contributed by atoms with E-state index in [1.165, 1.54) is 22.3 Å². The van der Waals surface area contributed by atoms with E-state index in [0.29, 0.717) is 19.6 Å². The summed E-state index contributed by atoms with van der Waals surface area (Å²) < 4.78 is 0. The molecule has 1 aliphatic rings. The van der Waals surface area contributed by atoms with Gasteiger partial charge in [0.25, 0.3) is 5.91 Å². The second-order valence-electron chi connectivity index (χ2n) is 6.94. The van der Waals surface area contributed by atoms with Crippen molar-refractivity contribution in [1.82, 2.24) is 15.2 Å². The van der Waals surface area contributed by atoms with Crippen LogP contribution in [0.25, 0.3) is 10.9 Å². The van der Waals surface area contributed by atoms with Gasteiger partial charge in [0.2, 0.25) is 5.91 Å². The number of aromatic amines is 1. The van der Waals surface area contributed by atoms with Crippen molar-refractivity contribution in [3.8, 4) is 0 Å². The monoisotopic (exact) mass is 381 g/mol. The van der Waals surface area contributed by atoms with Crippen LogP contribution in [0.4, 0.5) is 0 Å². The van der Waals surface area contributed by atoms with Crippen LogP contribution in [0.3, 0.4) is 0 Å². The van der Waals surface area contributed by atoms with Crippen LogP contribution >= 0.6 is 11.3 Å². The van der Waals surface area contributed by atoms with Gasteiger partial charge in [-0.2, -0.15) is 0 Å². The van der Waals surface area contributed by atoms with Crippen molar-refractivity contribution in [2.45, 2.75) is 19.3 Å². The predicted octanol–water partition coefficient (Wildman–Crippen LogP) is 3.44. The third-order valence-electron chi connectivity index (χ3n) is 5.25. The van der Waals surface area contributed by atoms with Crippen molar-refractivity contribution in [2.24, 2.45) is 5.92 Å². The van der Waals surface area contributed by atoms with Gasteiger partial charge in [-0.05, 0) is 42.3 Å². The number of likely N-dealkylation sites (tertiary alicyclic amines) is 1. The van der Waals surface area contributed by atoms with Gasteiger partial charge in [-0.1, -0.05) is 24.3 Å². The first-order chi connectivity index (χ1) is 13.2. The van der Waals surface area contributed by atoms with Crippen LogP contribution < -0.4 is 5.32 Å². The van der Waals surface area contributed by atoms with Crippen LogP contribution in [-0.4, -0.2) is 41.3 Å². The molecule has 6 heteroatoms. The smallest absolute Gasteiger partial charge is 0.263 e. The fourth-order valence-corrected chi connectivity index (χ4v) is 4.39. The van der Waals surface area contributed by atoms with Crippen LogP contribution in [-0.2, 0) is 11.2 Å². The van der Waals surface area contributed by atoms with Crippen LogP contribution in [0, 0.1) is 5.92 Å². The van der Waals surface area contributed by atoms with E-state index in [4.69, 9.17) is 0 Å². The number of aromatic nitrogens is 1. The number of fused-ring (bicyclic) bond motifs is 1. The minimum Gasteiger partial charge on any atom is -0.361 e. The van der Waals surface area contributed by atoms with Crippen LogP contribution in [0.15, 0.2) is 48.0 Å². The Morgan fingerprint density at radius 3 is 2.74 bits per heavy atom. The first kappa shape index (κ1) is 17.8. The average Bonchev–Trinajstić information content (AvgIpc) is 3.38. The van der Waals surface area contributed by atoms with Crippen molar-refractivity contribution in [3.63, 3.8) is 0 Å². The zero-order valence-electron chi connectivity index (χ0n) is 15.1. The number of para-hydroxylation sites is 1. The molecule has 1 fully saturated rings. The molecule has 1 saturated heterocycles. The van der Waals surface area contributed by atoms with Gasteiger partial charge in [0.15, 0.2) is 0 Å². The highest BCUT2D eigenvalue weighted by atomic mass is 32.1. The molecule has 1 aliphatic heterocycles. The highest BCUT2D eigenvalue weighted by Crippen LogP contribution is 2.21. The van der Waals surface area contributed by atoms with E-state index in [1.54, 1.807) is 0 Å². The Hall–Kier alpha value is -2.60. The Kier molecular flexibility index (Phi) is 5.25. The lowest BCUT2D eigenvalue weighted by molar-refractivity contribution is -0.126. The number of nitrogens with one attached hydrogen (secondary N) is 2. The van der Waals surface area contributed by atoms with Crippen LogP contribution in [0.1, 0.15) is 28.1 Å². The molecule has 0 aliphatic carbocycles. The maximum Gasteiger partial charge on any atom is 0.263 e. The van der Waals surface area contributed by atoms with Crippen LogP contribution in [0.5, 0.6) is 0 Å². The number of carbonyl (C=O) groups excluding carboxylic acids is 2. The van der Waals surface area contributed by atoms with E-state index in [-0.39, 0.29) is 17.7 Å². The van der Waals surface area contributed by atoms with Crippen molar-refractivity contribution in [1.29, 1.82) is 0 Å². The number of piperidine rings is 1. The highest BCUT2D eigenvalue weighted by Gasteiger charge is 2.27. The van der Waals surface area contributed by atoms with E-state index in [9.17, 15) is 9.59 Å². The maximum absolute atomic E-state index is 12.5. The second kappa shape index (κ2) is 7.96. The molecule has 27 heavy (non-hydrogen) atoms. The summed E-state index contributed by atoms with van der Waals surface area (Å²) in [5, 5.41) is 6.21. The van der Waals surface area contributed by atoms with Gasteiger partial charge in [-0.3, -0.25) is 9.59 Å². The number of rotatable bonds is 5. The fraction of sp³-hybridized carbons (Fsp3) is 0.333. The average molecular weight is 382 g/mol. The zero-order chi connectivity index (χ0) is 18.6. The molecule has 2 amide bonds. The topological polar surface area (TPSA) is 65.2 Å². The lowest BCUT2D eigenvalue weighted by atomic mass is 9.95. The number of amides is 2. The maximum atomic E-state index is 12.5. The molecule has 0 unspecified atom stereocenters. The van der Waals surface area contributed by atoms with E-state index in [1.807, 2.05) is 40.7 Å².